The van der Waals surface area contributed by atoms with E-state index in [0.29, 0.717) is 12.9 Å². The van der Waals surface area contributed by atoms with Gasteiger partial charge in [0.05, 0.1) is 19.1 Å². The Morgan fingerprint density at radius 2 is 2.07 bits per heavy atom. The van der Waals surface area contributed by atoms with E-state index in [-0.39, 0.29) is 31.0 Å². The van der Waals surface area contributed by atoms with Crippen molar-refractivity contribution in [1.82, 2.24) is 0 Å². The Kier molecular flexibility index (Phi) is 7.02. The van der Waals surface area contributed by atoms with Crippen LogP contribution in [0.1, 0.15) is 27.2 Å². The van der Waals surface area contributed by atoms with Gasteiger partial charge in [0.2, 0.25) is 0 Å². The third-order valence-electron chi connectivity index (χ3n) is 1.80. The highest BCUT2D eigenvalue weighted by molar-refractivity contribution is 5.70. The maximum absolute atomic E-state index is 11.1. The summed E-state index contributed by atoms with van der Waals surface area (Å²) in [4.78, 5) is 21.2. The van der Waals surface area contributed by atoms with Crippen LogP contribution in [0.5, 0.6) is 0 Å². The molecule has 0 amide bonds. The highest BCUT2D eigenvalue weighted by Gasteiger charge is 2.18. The van der Waals surface area contributed by atoms with Crippen LogP contribution in [0.25, 0.3) is 0 Å². The maximum atomic E-state index is 11.1. The zero-order chi connectivity index (χ0) is 11.0. The lowest BCUT2D eigenvalue weighted by Gasteiger charge is -2.19. The SMILES string of the molecule is CCOC(=O)CC(OCC=O)C(C)C. The second-order valence-electron chi connectivity index (χ2n) is 3.29. The molecule has 82 valence electrons. The van der Waals surface area contributed by atoms with Crippen molar-refractivity contribution in [2.24, 2.45) is 5.92 Å². The first kappa shape index (κ1) is 13.1. The molecule has 14 heavy (non-hydrogen) atoms. The van der Waals surface area contributed by atoms with E-state index in [1.54, 1.807) is 6.92 Å². The predicted octanol–water partition coefficient (Wildman–Crippen LogP) is 1.18. The molecule has 0 radical (unpaired) electrons. The van der Waals surface area contributed by atoms with Gasteiger partial charge in [0.1, 0.15) is 12.9 Å². The molecule has 1 unspecified atom stereocenters. The Labute approximate surface area is 84.6 Å². The number of carbonyl (C=O) groups excluding carboxylic acids is 2. The number of aldehydes is 1. The zero-order valence-electron chi connectivity index (χ0n) is 8.99. The number of esters is 1. The van der Waals surface area contributed by atoms with E-state index in [4.69, 9.17) is 9.47 Å². The summed E-state index contributed by atoms with van der Waals surface area (Å²) in [6.07, 6.45) is 0.652. The van der Waals surface area contributed by atoms with Crippen LogP contribution in [0.2, 0.25) is 0 Å². The first-order valence-corrected chi connectivity index (χ1v) is 4.82. The second-order valence-corrected chi connectivity index (χ2v) is 3.29. The molecule has 0 aromatic rings. The fraction of sp³-hybridized carbons (Fsp3) is 0.800. The summed E-state index contributed by atoms with van der Waals surface area (Å²) in [5.41, 5.74) is 0. The molecule has 0 heterocycles. The molecule has 0 saturated heterocycles. The van der Waals surface area contributed by atoms with Crippen molar-refractivity contribution in [1.29, 1.82) is 0 Å². The molecule has 0 aliphatic carbocycles. The van der Waals surface area contributed by atoms with Crippen LogP contribution in [-0.2, 0) is 19.1 Å². The molecule has 0 saturated carbocycles. The number of hydrogen-bond donors (Lipinski definition) is 0. The molecule has 0 aromatic carbocycles. The van der Waals surface area contributed by atoms with Crippen molar-refractivity contribution in [2.75, 3.05) is 13.2 Å². The quantitative estimate of drug-likeness (QED) is 0.459. The normalized spacial score (nSPS) is 12.6. The van der Waals surface area contributed by atoms with Crippen molar-refractivity contribution >= 4 is 12.3 Å². The summed E-state index contributed by atoms with van der Waals surface area (Å²) < 4.78 is 10.00. The number of hydrogen-bond acceptors (Lipinski definition) is 4. The first-order valence-electron chi connectivity index (χ1n) is 4.82. The van der Waals surface area contributed by atoms with E-state index in [1.165, 1.54) is 0 Å². The first-order chi connectivity index (χ1) is 6.61. The van der Waals surface area contributed by atoms with Crippen LogP contribution in [0.15, 0.2) is 0 Å². The Balaban J connectivity index is 3.95. The standard InChI is InChI=1S/C10H18O4/c1-4-13-10(12)7-9(8(2)3)14-6-5-11/h5,8-9H,4,6-7H2,1-3H3. The van der Waals surface area contributed by atoms with Gasteiger partial charge >= 0.3 is 5.97 Å². The van der Waals surface area contributed by atoms with Crippen molar-refractivity contribution in [3.05, 3.63) is 0 Å². The minimum Gasteiger partial charge on any atom is -0.466 e. The van der Waals surface area contributed by atoms with Crippen molar-refractivity contribution in [3.8, 4) is 0 Å². The molecule has 0 N–H and O–H groups in total. The molecule has 0 aliphatic rings. The van der Waals surface area contributed by atoms with Gasteiger partial charge in [-0.3, -0.25) is 4.79 Å². The topological polar surface area (TPSA) is 52.6 Å². The predicted molar refractivity (Wildman–Crippen MR) is 51.9 cm³/mol. The minimum absolute atomic E-state index is 0.0300. The third-order valence-corrected chi connectivity index (χ3v) is 1.80. The van der Waals surface area contributed by atoms with Gasteiger partial charge in [0.15, 0.2) is 0 Å². The van der Waals surface area contributed by atoms with E-state index < -0.39 is 0 Å². The smallest absolute Gasteiger partial charge is 0.308 e. The average molecular weight is 202 g/mol. The number of rotatable bonds is 7. The van der Waals surface area contributed by atoms with E-state index in [1.807, 2.05) is 13.8 Å². The van der Waals surface area contributed by atoms with Gasteiger partial charge < -0.3 is 14.3 Å². The summed E-state index contributed by atoms with van der Waals surface area (Å²) in [5, 5.41) is 0. The highest BCUT2D eigenvalue weighted by atomic mass is 16.5. The van der Waals surface area contributed by atoms with E-state index in [9.17, 15) is 9.59 Å². The fourth-order valence-corrected chi connectivity index (χ4v) is 1.03. The van der Waals surface area contributed by atoms with Crippen molar-refractivity contribution in [3.63, 3.8) is 0 Å². The molecular weight excluding hydrogens is 184 g/mol. The maximum Gasteiger partial charge on any atom is 0.308 e. The van der Waals surface area contributed by atoms with Crippen LogP contribution in [0, 0.1) is 5.92 Å². The van der Waals surface area contributed by atoms with Crippen LogP contribution in [-0.4, -0.2) is 31.6 Å². The average Bonchev–Trinajstić information content (AvgIpc) is 2.12. The van der Waals surface area contributed by atoms with Gasteiger partial charge in [0, 0.05) is 0 Å². The summed E-state index contributed by atoms with van der Waals surface area (Å²) in [7, 11) is 0. The van der Waals surface area contributed by atoms with Crippen LogP contribution < -0.4 is 0 Å². The number of carbonyl (C=O) groups is 2. The van der Waals surface area contributed by atoms with E-state index in [0.717, 1.165) is 0 Å². The Morgan fingerprint density at radius 1 is 1.43 bits per heavy atom. The lowest BCUT2D eigenvalue weighted by Crippen LogP contribution is -2.25. The van der Waals surface area contributed by atoms with Gasteiger partial charge in [-0.2, -0.15) is 0 Å². The van der Waals surface area contributed by atoms with Gasteiger partial charge in [0.25, 0.3) is 0 Å². The van der Waals surface area contributed by atoms with E-state index in [2.05, 4.69) is 0 Å². The van der Waals surface area contributed by atoms with Gasteiger partial charge in [-0.25, -0.2) is 0 Å². The molecule has 0 spiro atoms. The zero-order valence-corrected chi connectivity index (χ0v) is 8.99. The Morgan fingerprint density at radius 3 is 2.50 bits per heavy atom. The summed E-state index contributed by atoms with van der Waals surface area (Å²) in [6.45, 7) is 6.04. The van der Waals surface area contributed by atoms with Gasteiger partial charge in [-0.15, -0.1) is 0 Å². The van der Waals surface area contributed by atoms with Crippen LogP contribution >= 0.6 is 0 Å². The Hall–Kier alpha value is -0.900. The van der Waals surface area contributed by atoms with E-state index >= 15 is 0 Å². The number of ether oxygens (including phenoxy) is 2. The summed E-state index contributed by atoms with van der Waals surface area (Å²) in [6, 6.07) is 0. The lowest BCUT2D eigenvalue weighted by molar-refractivity contribution is -0.147. The molecule has 0 aliphatic heterocycles. The van der Waals surface area contributed by atoms with Crippen LogP contribution in [0.4, 0.5) is 0 Å². The molecule has 4 heteroatoms. The second kappa shape index (κ2) is 7.50. The highest BCUT2D eigenvalue weighted by Crippen LogP contribution is 2.11. The lowest BCUT2D eigenvalue weighted by atomic mass is 10.0. The van der Waals surface area contributed by atoms with Gasteiger partial charge in [-0.05, 0) is 12.8 Å². The van der Waals surface area contributed by atoms with Gasteiger partial charge in [-0.1, -0.05) is 13.8 Å². The van der Waals surface area contributed by atoms with Crippen molar-refractivity contribution < 1.29 is 19.1 Å². The third kappa shape index (κ3) is 5.70. The molecule has 1 atom stereocenters. The minimum atomic E-state index is -0.280. The summed E-state index contributed by atoms with van der Waals surface area (Å²) >= 11 is 0. The molecule has 4 nitrogen and oxygen atoms in total. The molecule has 0 aromatic heterocycles. The fourth-order valence-electron chi connectivity index (χ4n) is 1.03. The Bertz CT molecular complexity index is 177. The largest absolute Gasteiger partial charge is 0.466 e. The molecular formula is C10H18O4. The van der Waals surface area contributed by atoms with Crippen molar-refractivity contribution in [2.45, 2.75) is 33.3 Å². The summed E-state index contributed by atoms with van der Waals surface area (Å²) in [5.74, 6) is -0.0866. The molecule has 0 fully saturated rings. The molecule has 0 bridgehead atoms. The van der Waals surface area contributed by atoms with Crippen LogP contribution in [0.3, 0.4) is 0 Å². The molecule has 0 rings (SSSR count). The monoisotopic (exact) mass is 202 g/mol.